The number of carboxylic acid groups (broad SMARTS) is 1. The smallest absolute Gasteiger partial charge is 0.306 e. The highest BCUT2D eigenvalue weighted by Gasteiger charge is 2.24. The van der Waals surface area contributed by atoms with E-state index >= 15 is 0 Å². The van der Waals surface area contributed by atoms with Crippen molar-refractivity contribution in [2.75, 3.05) is 6.54 Å². The van der Waals surface area contributed by atoms with Crippen molar-refractivity contribution >= 4 is 11.9 Å². The topological polar surface area (TPSA) is 66.4 Å². The molecule has 0 bridgehead atoms. The zero-order valence-electron chi connectivity index (χ0n) is 10.7. The second kappa shape index (κ2) is 6.51. The molecule has 0 aromatic carbocycles. The first-order chi connectivity index (χ1) is 7.31. The lowest BCUT2D eigenvalue weighted by Crippen LogP contribution is -2.37. The van der Waals surface area contributed by atoms with Gasteiger partial charge in [-0.05, 0) is 19.3 Å². The minimum atomic E-state index is -0.778. The molecule has 0 rings (SSSR count). The lowest BCUT2D eigenvalue weighted by molar-refractivity contribution is -0.141. The second-order valence-electron chi connectivity index (χ2n) is 4.87. The SMILES string of the molecule is CCC(C)(C)C(=O)NCCCC(C)C(=O)O. The third kappa shape index (κ3) is 5.14. The van der Waals surface area contributed by atoms with E-state index in [1.165, 1.54) is 0 Å². The monoisotopic (exact) mass is 229 g/mol. The summed E-state index contributed by atoms with van der Waals surface area (Å²) in [6, 6.07) is 0. The lowest BCUT2D eigenvalue weighted by atomic mass is 9.89. The molecular formula is C12H23NO3. The van der Waals surface area contributed by atoms with E-state index in [2.05, 4.69) is 5.32 Å². The fourth-order valence-corrected chi connectivity index (χ4v) is 1.13. The van der Waals surface area contributed by atoms with Crippen LogP contribution in [0.2, 0.25) is 0 Å². The van der Waals surface area contributed by atoms with Crippen LogP contribution in [0.4, 0.5) is 0 Å². The normalized spacial score (nSPS) is 13.2. The summed E-state index contributed by atoms with van der Waals surface area (Å²) in [4.78, 5) is 22.2. The fourth-order valence-electron chi connectivity index (χ4n) is 1.13. The molecule has 0 spiro atoms. The van der Waals surface area contributed by atoms with E-state index in [-0.39, 0.29) is 17.2 Å². The molecule has 0 heterocycles. The average Bonchev–Trinajstić information content (AvgIpc) is 2.23. The third-order valence-electron chi connectivity index (χ3n) is 3.02. The van der Waals surface area contributed by atoms with Gasteiger partial charge in [0.15, 0.2) is 0 Å². The van der Waals surface area contributed by atoms with Gasteiger partial charge in [-0.1, -0.05) is 27.7 Å². The predicted octanol–water partition coefficient (Wildman–Crippen LogP) is 2.04. The highest BCUT2D eigenvalue weighted by Crippen LogP contribution is 2.19. The number of nitrogens with one attached hydrogen (secondary N) is 1. The number of hydrogen-bond donors (Lipinski definition) is 2. The van der Waals surface area contributed by atoms with E-state index in [9.17, 15) is 9.59 Å². The van der Waals surface area contributed by atoms with Gasteiger partial charge in [0.2, 0.25) is 5.91 Å². The Bertz CT molecular complexity index is 249. The van der Waals surface area contributed by atoms with Gasteiger partial charge in [0.25, 0.3) is 0 Å². The van der Waals surface area contributed by atoms with Gasteiger partial charge >= 0.3 is 5.97 Å². The van der Waals surface area contributed by atoms with Gasteiger partial charge in [-0.15, -0.1) is 0 Å². The number of amides is 1. The summed E-state index contributed by atoms with van der Waals surface area (Å²) in [5.74, 6) is -1.07. The van der Waals surface area contributed by atoms with Crippen LogP contribution in [-0.2, 0) is 9.59 Å². The minimum absolute atomic E-state index is 0.0398. The first-order valence-corrected chi connectivity index (χ1v) is 5.82. The number of carbonyl (C=O) groups is 2. The standard InChI is InChI=1S/C12H23NO3/c1-5-12(3,4)11(16)13-8-6-7-9(2)10(14)15/h9H,5-8H2,1-4H3,(H,13,16)(H,14,15). The summed E-state index contributed by atoms with van der Waals surface area (Å²) in [7, 11) is 0. The molecule has 0 aliphatic carbocycles. The van der Waals surface area contributed by atoms with Crippen LogP contribution < -0.4 is 5.32 Å². The quantitative estimate of drug-likeness (QED) is 0.656. The molecule has 0 aromatic rings. The number of aliphatic carboxylic acids is 1. The first-order valence-electron chi connectivity index (χ1n) is 5.82. The maximum Gasteiger partial charge on any atom is 0.306 e. The van der Waals surface area contributed by atoms with Crippen molar-refractivity contribution in [3.05, 3.63) is 0 Å². The molecule has 4 heteroatoms. The summed E-state index contributed by atoms with van der Waals surface area (Å²) >= 11 is 0. The number of hydrogen-bond acceptors (Lipinski definition) is 2. The molecule has 1 atom stereocenters. The van der Waals surface area contributed by atoms with Crippen LogP contribution >= 0.6 is 0 Å². The minimum Gasteiger partial charge on any atom is -0.481 e. The van der Waals surface area contributed by atoms with Crippen molar-refractivity contribution in [2.45, 2.75) is 47.0 Å². The van der Waals surface area contributed by atoms with Crippen molar-refractivity contribution in [3.63, 3.8) is 0 Å². The summed E-state index contributed by atoms with van der Waals surface area (Å²) in [5.41, 5.74) is -0.335. The summed E-state index contributed by atoms with van der Waals surface area (Å²) in [6.07, 6.45) is 2.10. The Kier molecular flexibility index (Phi) is 6.08. The molecule has 2 N–H and O–H groups in total. The highest BCUT2D eigenvalue weighted by atomic mass is 16.4. The zero-order valence-corrected chi connectivity index (χ0v) is 10.7. The molecule has 0 saturated carbocycles. The maximum atomic E-state index is 11.6. The molecule has 1 unspecified atom stereocenters. The predicted molar refractivity (Wildman–Crippen MR) is 63.1 cm³/mol. The Hall–Kier alpha value is -1.06. The molecular weight excluding hydrogens is 206 g/mol. The van der Waals surface area contributed by atoms with Crippen molar-refractivity contribution in [1.82, 2.24) is 5.32 Å². The molecule has 4 nitrogen and oxygen atoms in total. The maximum absolute atomic E-state index is 11.6. The summed E-state index contributed by atoms with van der Waals surface area (Å²) in [5, 5.41) is 11.5. The molecule has 1 amide bonds. The van der Waals surface area contributed by atoms with Gasteiger partial charge in [-0.2, -0.15) is 0 Å². The Morgan fingerprint density at radius 3 is 2.38 bits per heavy atom. The van der Waals surface area contributed by atoms with E-state index in [1.54, 1.807) is 6.92 Å². The van der Waals surface area contributed by atoms with Crippen molar-refractivity contribution < 1.29 is 14.7 Å². The van der Waals surface area contributed by atoms with Crippen LogP contribution in [0.25, 0.3) is 0 Å². The van der Waals surface area contributed by atoms with Gasteiger partial charge in [-0.25, -0.2) is 0 Å². The van der Waals surface area contributed by atoms with Crippen LogP contribution in [0.5, 0.6) is 0 Å². The molecule has 0 fully saturated rings. The Morgan fingerprint density at radius 2 is 1.94 bits per heavy atom. The van der Waals surface area contributed by atoms with E-state index in [0.717, 1.165) is 6.42 Å². The van der Waals surface area contributed by atoms with Gasteiger partial charge < -0.3 is 10.4 Å². The zero-order chi connectivity index (χ0) is 12.8. The Morgan fingerprint density at radius 1 is 1.38 bits per heavy atom. The highest BCUT2D eigenvalue weighted by molar-refractivity contribution is 5.81. The second-order valence-corrected chi connectivity index (χ2v) is 4.87. The van der Waals surface area contributed by atoms with Gasteiger partial charge in [-0.3, -0.25) is 9.59 Å². The molecule has 0 radical (unpaired) electrons. The molecule has 0 saturated heterocycles. The fraction of sp³-hybridized carbons (Fsp3) is 0.833. The third-order valence-corrected chi connectivity index (χ3v) is 3.02. The Labute approximate surface area is 97.4 Å². The van der Waals surface area contributed by atoms with E-state index in [4.69, 9.17) is 5.11 Å². The van der Waals surface area contributed by atoms with Gasteiger partial charge in [0.1, 0.15) is 0 Å². The molecule has 0 aliphatic rings. The number of carboxylic acids is 1. The van der Waals surface area contributed by atoms with Crippen LogP contribution in [0.3, 0.4) is 0 Å². The molecule has 94 valence electrons. The molecule has 0 aromatic heterocycles. The van der Waals surface area contributed by atoms with Crippen molar-refractivity contribution in [3.8, 4) is 0 Å². The van der Waals surface area contributed by atoms with Crippen LogP contribution in [0.1, 0.15) is 47.0 Å². The van der Waals surface area contributed by atoms with Gasteiger partial charge in [0.05, 0.1) is 5.92 Å². The van der Waals surface area contributed by atoms with Crippen LogP contribution in [0.15, 0.2) is 0 Å². The van der Waals surface area contributed by atoms with Gasteiger partial charge in [0, 0.05) is 12.0 Å². The summed E-state index contributed by atoms with van der Waals surface area (Å²) in [6.45, 7) is 8.02. The van der Waals surface area contributed by atoms with Crippen molar-refractivity contribution in [2.24, 2.45) is 11.3 Å². The van der Waals surface area contributed by atoms with Crippen molar-refractivity contribution in [1.29, 1.82) is 0 Å². The van der Waals surface area contributed by atoms with E-state index in [1.807, 2.05) is 20.8 Å². The molecule has 0 aliphatic heterocycles. The summed E-state index contributed by atoms with van der Waals surface area (Å²) < 4.78 is 0. The van der Waals surface area contributed by atoms with Crippen LogP contribution in [0, 0.1) is 11.3 Å². The lowest BCUT2D eigenvalue weighted by Gasteiger charge is -2.21. The largest absolute Gasteiger partial charge is 0.481 e. The van der Waals surface area contributed by atoms with Crippen LogP contribution in [-0.4, -0.2) is 23.5 Å². The Balaban J connectivity index is 3.76. The van der Waals surface area contributed by atoms with E-state index in [0.29, 0.717) is 19.4 Å². The average molecular weight is 229 g/mol. The van der Waals surface area contributed by atoms with E-state index < -0.39 is 5.97 Å². The molecule has 16 heavy (non-hydrogen) atoms. The number of rotatable bonds is 7. The number of carbonyl (C=O) groups excluding carboxylic acids is 1. The first kappa shape index (κ1) is 14.9.